The molecule has 5 nitrogen and oxygen atoms in total. The number of rotatable bonds is 1. The second-order valence-corrected chi connectivity index (χ2v) is 4.22. The Kier molecular flexibility index (Phi) is 1.77. The molecule has 1 aliphatic carbocycles. The van der Waals surface area contributed by atoms with E-state index in [1.165, 1.54) is 12.1 Å². The normalized spacial score (nSPS) is 26.1. The molecule has 0 aromatic heterocycles. The Morgan fingerprint density at radius 3 is 2.94 bits per heavy atom. The Bertz CT molecular complexity index is 497. The molecule has 1 heterocycles. The summed E-state index contributed by atoms with van der Waals surface area (Å²) < 4.78 is 5.18. The first-order valence-electron chi connectivity index (χ1n) is 5.12. The number of carbonyl (C=O) groups is 1. The van der Waals surface area contributed by atoms with Crippen LogP contribution in [0.4, 0.5) is 5.69 Å². The molecule has 0 saturated carbocycles. The molecule has 82 valence electrons. The lowest BCUT2D eigenvalue weighted by atomic mass is 10.0. The SMILES string of the molecule is O=C1CC2Cc3ccc([N+](=O)[O-])cc3C2O1. The maximum absolute atomic E-state index is 11.1. The fourth-order valence-corrected chi connectivity index (χ4v) is 2.53. The summed E-state index contributed by atoms with van der Waals surface area (Å²) in [6.07, 6.45) is 0.944. The van der Waals surface area contributed by atoms with Gasteiger partial charge in [0, 0.05) is 23.6 Å². The molecule has 2 unspecified atom stereocenters. The second kappa shape index (κ2) is 3.04. The average molecular weight is 219 g/mol. The summed E-state index contributed by atoms with van der Waals surface area (Å²) in [7, 11) is 0. The topological polar surface area (TPSA) is 69.4 Å². The van der Waals surface area contributed by atoms with E-state index in [1.807, 2.05) is 0 Å². The fourth-order valence-electron chi connectivity index (χ4n) is 2.53. The number of nitrogens with zero attached hydrogens (tertiary/aromatic N) is 1. The zero-order valence-electron chi connectivity index (χ0n) is 8.38. The van der Waals surface area contributed by atoms with Crippen LogP contribution in [0.5, 0.6) is 0 Å². The number of hydrogen-bond acceptors (Lipinski definition) is 4. The number of ether oxygens (including phenoxy) is 1. The van der Waals surface area contributed by atoms with E-state index in [0.29, 0.717) is 6.42 Å². The number of hydrogen-bond donors (Lipinski definition) is 0. The van der Waals surface area contributed by atoms with Crippen molar-refractivity contribution in [2.45, 2.75) is 18.9 Å². The molecule has 1 aromatic carbocycles. The lowest BCUT2D eigenvalue weighted by Gasteiger charge is -2.08. The van der Waals surface area contributed by atoms with E-state index >= 15 is 0 Å². The summed E-state index contributed by atoms with van der Waals surface area (Å²) in [5, 5.41) is 10.7. The summed E-state index contributed by atoms with van der Waals surface area (Å²) in [6, 6.07) is 4.79. The molecule has 0 N–H and O–H groups in total. The number of nitro groups is 1. The van der Waals surface area contributed by atoms with Crippen molar-refractivity contribution in [2.75, 3.05) is 0 Å². The van der Waals surface area contributed by atoms with Crippen molar-refractivity contribution in [1.29, 1.82) is 0 Å². The summed E-state index contributed by atoms with van der Waals surface area (Å²) >= 11 is 0. The third-order valence-electron chi connectivity index (χ3n) is 3.24. The largest absolute Gasteiger partial charge is 0.457 e. The van der Waals surface area contributed by atoms with Crippen molar-refractivity contribution >= 4 is 11.7 Å². The highest BCUT2D eigenvalue weighted by Gasteiger charge is 2.42. The van der Waals surface area contributed by atoms with Gasteiger partial charge in [-0.2, -0.15) is 0 Å². The minimum absolute atomic E-state index is 0.0577. The fraction of sp³-hybridized carbons (Fsp3) is 0.364. The molecule has 16 heavy (non-hydrogen) atoms. The Balaban J connectivity index is 2.04. The van der Waals surface area contributed by atoms with Gasteiger partial charge in [0.05, 0.1) is 11.3 Å². The molecule has 0 radical (unpaired) electrons. The van der Waals surface area contributed by atoms with Gasteiger partial charge in [-0.3, -0.25) is 14.9 Å². The van der Waals surface area contributed by atoms with Crippen LogP contribution in [-0.2, 0) is 16.0 Å². The van der Waals surface area contributed by atoms with E-state index in [2.05, 4.69) is 0 Å². The highest BCUT2D eigenvalue weighted by Crippen LogP contribution is 2.45. The van der Waals surface area contributed by atoms with Crippen LogP contribution in [0, 0.1) is 16.0 Å². The summed E-state index contributed by atoms with van der Waals surface area (Å²) in [6.45, 7) is 0. The molecule has 1 saturated heterocycles. The highest BCUT2D eigenvalue weighted by molar-refractivity contribution is 5.73. The lowest BCUT2D eigenvalue weighted by Crippen LogP contribution is -2.00. The molecular weight excluding hydrogens is 210 g/mol. The predicted molar refractivity (Wildman–Crippen MR) is 53.7 cm³/mol. The van der Waals surface area contributed by atoms with Crippen molar-refractivity contribution in [2.24, 2.45) is 5.92 Å². The molecule has 0 amide bonds. The zero-order chi connectivity index (χ0) is 11.3. The Morgan fingerprint density at radius 1 is 1.38 bits per heavy atom. The van der Waals surface area contributed by atoms with Crippen LogP contribution in [0.25, 0.3) is 0 Å². The van der Waals surface area contributed by atoms with Crippen molar-refractivity contribution in [3.63, 3.8) is 0 Å². The Morgan fingerprint density at radius 2 is 2.19 bits per heavy atom. The maximum Gasteiger partial charge on any atom is 0.306 e. The van der Waals surface area contributed by atoms with Gasteiger partial charge in [-0.1, -0.05) is 6.07 Å². The zero-order valence-corrected chi connectivity index (χ0v) is 8.38. The number of non-ortho nitro benzene ring substituents is 1. The van der Waals surface area contributed by atoms with Gasteiger partial charge in [0.25, 0.3) is 5.69 Å². The molecule has 1 aliphatic heterocycles. The number of fused-ring (bicyclic) bond motifs is 3. The van der Waals surface area contributed by atoms with E-state index in [0.717, 1.165) is 17.5 Å². The van der Waals surface area contributed by atoms with Gasteiger partial charge >= 0.3 is 5.97 Å². The van der Waals surface area contributed by atoms with Crippen molar-refractivity contribution < 1.29 is 14.5 Å². The van der Waals surface area contributed by atoms with Gasteiger partial charge in [-0.25, -0.2) is 0 Å². The molecular formula is C11H9NO4. The Hall–Kier alpha value is -1.91. The van der Waals surface area contributed by atoms with Crippen LogP contribution in [-0.4, -0.2) is 10.9 Å². The Labute approximate surface area is 91.2 Å². The monoisotopic (exact) mass is 219 g/mol. The first-order chi connectivity index (χ1) is 7.65. The standard InChI is InChI=1S/C11H9NO4/c13-10-4-7-3-6-1-2-8(12(14)15)5-9(6)11(7)16-10/h1-2,5,7,11H,3-4H2. The summed E-state index contributed by atoms with van der Waals surface area (Å²) in [5.74, 6) is -0.0309. The van der Waals surface area contributed by atoms with Gasteiger partial charge in [-0.15, -0.1) is 0 Å². The van der Waals surface area contributed by atoms with Crippen molar-refractivity contribution in [3.8, 4) is 0 Å². The van der Waals surface area contributed by atoms with Crippen LogP contribution >= 0.6 is 0 Å². The van der Waals surface area contributed by atoms with Crippen LogP contribution in [0.1, 0.15) is 23.7 Å². The van der Waals surface area contributed by atoms with Crippen molar-refractivity contribution in [1.82, 2.24) is 0 Å². The maximum atomic E-state index is 11.1. The number of carbonyl (C=O) groups excluding carboxylic acids is 1. The highest BCUT2D eigenvalue weighted by atomic mass is 16.6. The third kappa shape index (κ3) is 1.21. The number of esters is 1. The van der Waals surface area contributed by atoms with Gasteiger partial charge in [0.2, 0.25) is 0 Å². The minimum Gasteiger partial charge on any atom is -0.457 e. The summed E-state index contributed by atoms with van der Waals surface area (Å²) in [4.78, 5) is 21.4. The van der Waals surface area contributed by atoms with E-state index in [4.69, 9.17) is 4.74 Å². The quantitative estimate of drug-likeness (QED) is 0.410. The van der Waals surface area contributed by atoms with Crippen LogP contribution in [0.2, 0.25) is 0 Å². The third-order valence-corrected chi connectivity index (χ3v) is 3.24. The summed E-state index contributed by atoms with van der Waals surface area (Å²) in [5.41, 5.74) is 1.93. The molecule has 3 rings (SSSR count). The predicted octanol–water partition coefficient (Wildman–Crippen LogP) is 1.76. The molecule has 2 aliphatic rings. The van der Waals surface area contributed by atoms with Crippen molar-refractivity contribution in [3.05, 3.63) is 39.4 Å². The first kappa shape index (κ1) is 9.33. The molecule has 0 bridgehead atoms. The van der Waals surface area contributed by atoms with Gasteiger partial charge in [-0.05, 0) is 12.0 Å². The van der Waals surface area contributed by atoms with E-state index in [1.54, 1.807) is 6.07 Å². The first-order valence-corrected chi connectivity index (χ1v) is 5.12. The van der Waals surface area contributed by atoms with Crippen LogP contribution in [0.15, 0.2) is 18.2 Å². The molecule has 2 atom stereocenters. The van der Waals surface area contributed by atoms with Gasteiger partial charge < -0.3 is 4.74 Å². The second-order valence-electron chi connectivity index (χ2n) is 4.22. The van der Waals surface area contributed by atoms with Gasteiger partial charge in [0.1, 0.15) is 6.10 Å². The number of benzene rings is 1. The molecule has 1 fully saturated rings. The van der Waals surface area contributed by atoms with Crippen LogP contribution < -0.4 is 0 Å². The number of nitro benzene ring substituents is 1. The van der Waals surface area contributed by atoms with E-state index in [-0.39, 0.29) is 23.7 Å². The lowest BCUT2D eigenvalue weighted by molar-refractivity contribution is -0.385. The molecule has 0 spiro atoms. The van der Waals surface area contributed by atoms with E-state index < -0.39 is 4.92 Å². The van der Waals surface area contributed by atoms with Gasteiger partial charge in [0.15, 0.2) is 0 Å². The molecule has 5 heteroatoms. The molecule has 1 aromatic rings. The van der Waals surface area contributed by atoms with E-state index in [9.17, 15) is 14.9 Å². The minimum atomic E-state index is -0.426. The van der Waals surface area contributed by atoms with Crippen LogP contribution in [0.3, 0.4) is 0 Å². The smallest absolute Gasteiger partial charge is 0.306 e. The average Bonchev–Trinajstić information content (AvgIpc) is 2.72.